The Morgan fingerprint density at radius 1 is 1.19 bits per heavy atom. The van der Waals surface area contributed by atoms with E-state index in [2.05, 4.69) is 15.5 Å². The Balaban J connectivity index is 1.52. The van der Waals surface area contributed by atoms with Gasteiger partial charge in [-0.2, -0.15) is 0 Å². The number of carbonyl (C=O) groups excluding carboxylic acids is 1. The Hall–Kier alpha value is -2.58. The minimum absolute atomic E-state index is 0.120. The van der Waals surface area contributed by atoms with Gasteiger partial charge in [-0.1, -0.05) is 53.7 Å². The first-order valence-corrected chi connectivity index (χ1v) is 9.51. The fourth-order valence-corrected chi connectivity index (χ4v) is 3.33. The highest BCUT2D eigenvalue weighted by Gasteiger charge is 2.15. The molecular formula is C18H17ClFN5OS. The van der Waals surface area contributed by atoms with Crippen LogP contribution in [0, 0.1) is 5.82 Å². The Morgan fingerprint density at radius 2 is 1.93 bits per heavy atom. The lowest BCUT2D eigenvalue weighted by molar-refractivity contribution is -0.118. The molecule has 0 radical (unpaired) electrons. The number of carbonyl (C=O) groups is 1. The smallest absolute Gasteiger partial charge is 0.230 e. The summed E-state index contributed by atoms with van der Waals surface area (Å²) in [6.45, 7) is 0.348. The quantitative estimate of drug-likeness (QED) is 0.466. The van der Waals surface area contributed by atoms with Gasteiger partial charge in [0.1, 0.15) is 5.82 Å². The predicted molar refractivity (Wildman–Crippen MR) is 104 cm³/mol. The van der Waals surface area contributed by atoms with Crippen molar-refractivity contribution in [3.8, 4) is 11.4 Å². The monoisotopic (exact) mass is 405 g/mol. The van der Waals surface area contributed by atoms with Gasteiger partial charge in [0.15, 0.2) is 5.82 Å². The van der Waals surface area contributed by atoms with E-state index in [1.54, 1.807) is 30.3 Å². The van der Waals surface area contributed by atoms with Crippen LogP contribution < -0.4 is 11.2 Å². The van der Waals surface area contributed by atoms with E-state index in [1.807, 2.05) is 12.1 Å². The third-order valence-electron chi connectivity index (χ3n) is 3.79. The van der Waals surface area contributed by atoms with Gasteiger partial charge in [-0.25, -0.2) is 9.07 Å². The first-order valence-electron chi connectivity index (χ1n) is 8.14. The number of aromatic nitrogens is 3. The van der Waals surface area contributed by atoms with Crippen LogP contribution in [-0.2, 0) is 11.2 Å². The highest BCUT2D eigenvalue weighted by molar-refractivity contribution is 7.99. The molecule has 0 unspecified atom stereocenters. The largest absolute Gasteiger partial charge is 0.355 e. The Kier molecular flexibility index (Phi) is 6.31. The number of nitrogen functional groups attached to an aromatic ring is 1. The van der Waals surface area contributed by atoms with Gasteiger partial charge in [0, 0.05) is 12.1 Å². The number of amides is 1. The van der Waals surface area contributed by atoms with Gasteiger partial charge in [0.05, 0.1) is 10.8 Å². The first kappa shape index (κ1) is 19.2. The second-order valence-corrected chi connectivity index (χ2v) is 6.99. The topological polar surface area (TPSA) is 85.8 Å². The summed E-state index contributed by atoms with van der Waals surface area (Å²) in [7, 11) is 0. The van der Waals surface area contributed by atoms with Gasteiger partial charge in [0.25, 0.3) is 0 Å². The Bertz CT molecular complexity index is 949. The molecule has 0 spiro atoms. The number of nitrogens with two attached hydrogens (primary N) is 1. The van der Waals surface area contributed by atoms with Gasteiger partial charge >= 0.3 is 0 Å². The van der Waals surface area contributed by atoms with Crippen molar-refractivity contribution in [2.45, 2.75) is 11.6 Å². The lowest BCUT2D eigenvalue weighted by atomic mass is 10.1. The van der Waals surface area contributed by atoms with Crippen molar-refractivity contribution in [1.82, 2.24) is 20.2 Å². The zero-order valence-corrected chi connectivity index (χ0v) is 15.8. The Labute approximate surface area is 164 Å². The molecule has 0 atom stereocenters. The minimum Gasteiger partial charge on any atom is -0.355 e. The van der Waals surface area contributed by atoms with E-state index in [9.17, 15) is 9.18 Å². The van der Waals surface area contributed by atoms with Gasteiger partial charge in [-0.05, 0) is 30.2 Å². The van der Waals surface area contributed by atoms with E-state index in [-0.39, 0.29) is 17.5 Å². The molecule has 3 rings (SSSR count). The predicted octanol–water partition coefficient (Wildman–Crippen LogP) is 2.90. The average Bonchev–Trinajstić information content (AvgIpc) is 3.02. The summed E-state index contributed by atoms with van der Waals surface area (Å²) in [6, 6.07) is 13.7. The van der Waals surface area contributed by atoms with E-state index in [4.69, 9.17) is 17.4 Å². The molecule has 6 nitrogen and oxygen atoms in total. The van der Waals surface area contributed by atoms with Crippen molar-refractivity contribution in [1.29, 1.82) is 0 Å². The second kappa shape index (κ2) is 8.88. The van der Waals surface area contributed by atoms with E-state index < -0.39 is 0 Å². The van der Waals surface area contributed by atoms with Crippen LogP contribution in [0.3, 0.4) is 0 Å². The summed E-state index contributed by atoms with van der Waals surface area (Å²) in [6.07, 6.45) is 0.423. The van der Waals surface area contributed by atoms with Crippen LogP contribution in [0.2, 0.25) is 5.02 Å². The second-order valence-electron chi connectivity index (χ2n) is 5.64. The molecule has 0 saturated carbocycles. The number of benzene rings is 2. The maximum Gasteiger partial charge on any atom is 0.230 e. The lowest BCUT2D eigenvalue weighted by Crippen LogP contribution is -2.27. The molecule has 1 heterocycles. The molecule has 2 aromatic carbocycles. The van der Waals surface area contributed by atoms with Crippen LogP contribution in [0.4, 0.5) is 4.39 Å². The molecule has 3 aromatic rings. The molecule has 0 fully saturated rings. The molecule has 9 heteroatoms. The molecule has 27 heavy (non-hydrogen) atoms. The summed E-state index contributed by atoms with van der Waals surface area (Å²) >= 11 is 7.31. The van der Waals surface area contributed by atoms with Crippen molar-refractivity contribution >= 4 is 29.3 Å². The normalized spacial score (nSPS) is 10.7. The number of thioether (sulfide) groups is 1. The standard InChI is InChI=1S/C18H17ClFN5OS/c19-14-7-3-2-6-13(14)17-23-24-18(25(17)21)27-11-16(26)22-10-9-12-5-1-4-8-15(12)20/h1-8H,9-11,21H2,(H,22,26). The maximum atomic E-state index is 13.5. The van der Waals surface area contributed by atoms with E-state index >= 15 is 0 Å². The van der Waals surface area contributed by atoms with E-state index in [0.717, 1.165) is 11.8 Å². The van der Waals surface area contributed by atoms with Crippen molar-refractivity contribution in [3.05, 3.63) is 64.9 Å². The highest BCUT2D eigenvalue weighted by Crippen LogP contribution is 2.27. The molecule has 0 aliphatic carbocycles. The van der Waals surface area contributed by atoms with Crippen molar-refractivity contribution in [2.75, 3.05) is 18.1 Å². The number of hydrogen-bond donors (Lipinski definition) is 2. The van der Waals surface area contributed by atoms with Crippen molar-refractivity contribution in [2.24, 2.45) is 0 Å². The summed E-state index contributed by atoms with van der Waals surface area (Å²) in [4.78, 5) is 12.0. The summed E-state index contributed by atoms with van der Waals surface area (Å²) in [5, 5.41) is 11.7. The SMILES string of the molecule is Nn1c(SCC(=O)NCCc2ccccc2F)nnc1-c1ccccc1Cl. The number of halogens is 2. The van der Waals surface area contributed by atoms with Crippen molar-refractivity contribution < 1.29 is 9.18 Å². The van der Waals surface area contributed by atoms with E-state index in [1.165, 1.54) is 10.7 Å². The minimum atomic E-state index is -0.274. The first-order chi connectivity index (χ1) is 13.1. The molecule has 3 N–H and O–H groups in total. The molecule has 1 amide bonds. The average molecular weight is 406 g/mol. The number of rotatable bonds is 7. The summed E-state index contributed by atoms with van der Waals surface area (Å²) < 4.78 is 14.8. The van der Waals surface area contributed by atoms with Crippen LogP contribution in [0.5, 0.6) is 0 Å². The molecule has 0 bridgehead atoms. The number of hydrogen-bond acceptors (Lipinski definition) is 5. The van der Waals surface area contributed by atoms with Gasteiger partial charge in [-0.15, -0.1) is 10.2 Å². The number of nitrogens with zero attached hydrogens (tertiary/aromatic N) is 3. The van der Waals surface area contributed by atoms with Crippen molar-refractivity contribution in [3.63, 3.8) is 0 Å². The lowest BCUT2D eigenvalue weighted by Gasteiger charge is -2.07. The molecule has 0 aliphatic heterocycles. The van der Waals surface area contributed by atoms with Gasteiger partial charge < -0.3 is 11.2 Å². The maximum absolute atomic E-state index is 13.5. The molecule has 0 aliphatic rings. The summed E-state index contributed by atoms with van der Waals surface area (Å²) in [5.41, 5.74) is 1.23. The third-order valence-corrected chi connectivity index (χ3v) is 5.06. The zero-order valence-electron chi connectivity index (χ0n) is 14.2. The summed E-state index contributed by atoms with van der Waals surface area (Å²) in [5.74, 6) is 6.09. The molecule has 1 aromatic heterocycles. The zero-order chi connectivity index (χ0) is 19.2. The van der Waals surface area contributed by atoms with Crippen LogP contribution in [-0.4, -0.2) is 33.1 Å². The Morgan fingerprint density at radius 3 is 2.70 bits per heavy atom. The van der Waals surface area contributed by atoms with E-state index in [0.29, 0.717) is 40.1 Å². The van der Waals surface area contributed by atoms with Crippen LogP contribution >= 0.6 is 23.4 Å². The number of nitrogens with one attached hydrogen (secondary N) is 1. The van der Waals surface area contributed by atoms with Crippen LogP contribution in [0.25, 0.3) is 11.4 Å². The molecule has 140 valence electrons. The highest BCUT2D eigenvalue weighted by atomic mass is 35.5. The molecule has 0 saturated heterocycles. The van der Waals surface area contributed by atoms with Gasteiger partial charge in [0.2, 0.25) is 11.1 Å². The van der Waals surface area contributed by atoms with Crippen LogP contribution in [0.1, 0.15) is 5.56 Å². The molecular weight excluding hydrogens is 389 g/mol. The van der Waals surface area contributed by atoms with Gasteiger partial charge in [-0.3, -0.25) is 4.79 Å². The fourth-order valence-electron chi connectivity index (χ4n) is 2.42. The fraction of sp³-hybridized carbons (Fsp3) is 0.167. The third kappa shape index (κ3) is 4.78. The van der Waals surface area contributed by atoms with Crippen LogP contribution in [0.15, 0.2) is 53.7 Å².